The molecule has 3 aromatic rings. The van der Waals surface area contributed by atoms with Crippen molar-refractivity contribution < 1.29 is 14.3 Å². The molecule has 0 saturated carbocycles. The third kappa shape index (κ3) is 4.10. The molecular formula is C19H14ClFN2O3. The lowest BCUT2D eigenvalue weighted by Gasteiger charge is -2.07. The van der Waals surface area contributed by atoms with E-state index in [-0.39, 0.29) is 12.0 Å². The van der Waals surface area contributed by atoms with Gasteiger partial charge in [0.05, 0.1) is 0 Å². The Labute approximate surface area is 153 Å². The first-order valence-electron chi connectivity index (χ1n) is 7.68. The summed E-state index contributed by atoms with van der Waals surface area (Å²) in [4.78, 5) is 25.4. The number of hydrogen-bond acceptors (Lipinski definition) is 2. The maximum atomic E-state index is 14.0. The van der Waals surface area contributed by atoms with Crippen LogP contribution in [0.25, 0.3) is 11.1 Å². The molecule has 132 valence electrons. The maximum absolute atomic E-state index is 14.0. The Hall–Kier alpha value is -3.12. The van der Waals surface area contributed by atoms with E-state index in [1.54, 1.807) is 48.7 Å². The second-order valence-corrected chi connectivity index (χ2v) is 6.10. The molecule has 0 aliphatic carbocycles. The van der Waals surface area contributed by atoms with Crippen molar-refractivity contribution in [1.82, 2.24) is 4.98 Å². The Bertz CT molecular complexity index is 1020. The number of nitrogens with one attached hydrogen (secondary N) is 2. The molecule has 0 aliphatic heterocycles. The number of aromatic nitrogens is 1. The van der Waals surface area contributed by atoms with Crippen LogP contribution >= 0.6 is 11.6 Å². The molecular weight excluding hydrogens is 359 g/mol. The van der Waals surface area contributed by atoms with Crippen LogP contribution in [0.1, 0.15) is 11.1 Å². The van der Waals surface area contributed by atoms with Gasteiger partial charge in [0.25, 0.3) is 5.56 Å². The molecule has 0 radical (unpaired) electrons. The number of rotatable bonds is 4. The van der Waals surface area contributed by atoms with Crippen LogP contribution < -0.4 is 10.9 Å². The highest BCUT2D eigenvalue weighted by molar-refractivity contribution is 6.30. The van der Waals surface area contributed by atoms with E-state index >= 15 is 0 Å². The minimum absolute atomic E-state index is 0.130. The Morgan fingerprint density at radius 1 is 1.08 bits per heavy atom. The molecule has 0 aliphatic rings. The second-order valence-electron chi connectivity index (χ2n) is 5.66. The van der Waals surface area contributed by atoms with E-state index in [1.807, 2.05) is 0 Å². The second kappa shape index (κ2) is 7.41. The highest BCUT2D eigenvalue weighted by atomic mass is 35.5. The number of carboxylic acid groups (broad SMARTS) is 1. The topological polar surface area (TPSA) is 82.2 Å². The summed E-state index contributed by atoms with van der Waals surface area (Å²) in [7, 11) is 0. The van der Waals surface area contributed by atoms with Crippen LogP contribution in [-0.4, -0.2) is 16.2 Å². The number of carbonyl (C=O) groups is 1. The van der Waals surface area contributed by atoms with E-state index in [9.17, 15) is 14.0 Å². The molecule has 7 heteroatoms. The molecule has 0 saturated heterocycles. The zero-order valence-corrected chi connectivity index (χ0v) is 14.2. The molecule has 0 bridgehead atoms. The van der Waals surface area contributed by atoms with Gasteiger partial charge in [0.1, 0.15) is 5.82 Å². The average Bonchev–Trinajstić information content (AvgIpc) is 2.59. The van der Waals surface area contributed by atoms with Crippen LogP contribution in [0.2, 0.25) is 5.02 Å². The van der Waals surface area contributed by atoms with Crippen molar-refractivity contribution in [2.24, 2.45) is 0 Å². The standard InChI is InChI=1S/C19H14ClFN2O3/c20-15-4-1-12(17(21)9-15)7-13-8-14(10-22-18(13)24)11-2-5-16(6-3-11)23-19(25)26/h1-6,8-10,23H,7H2,(H,22,24)(H,25,26). The lowest BCUT2D eigenvalue weighted by Crippen LogP contribution is -2.13. The number of halogens is 2. The summed E-state index contributed by atoms with van der Waals surface area (Å²) < 4.78 is 14.0. The molecule has 3 N–H and O–H groups in total. The normalized spacial score (nSPS) is 10.5. The largest absolute Gasteiger partial charge is 0.465 e. The summed E-state index contributed by atoms with van der Waals surface area (Å²) in [5.41, 5.74) is 2.45. The van der Waals surface area contributed by atoms with Gasteiger partial charge < -0.3 is 10.1 Å². The highest BCUT2D eigenvalue weighted by Gasteiger charge is 2.09. The van der Waals surface area contributed by atoms with E-state index in [0.29, 0.717) is 21.8 Å². The molecule has 1 heterocycles. The van der Waals surface area contributed by atoms with Gasteiger partial charge in [-0.25, -0.2) is 9.18 Å². The number of anilines is 1. The van der Waals surface area contributed by atoms with Crippen LogP contribution in [0.5, 0.6) is 0 Å². The lowest BCUT2D eigenvalue weighted by atomic mass is 10.0. The zero-order chi connectivity index (χ0) is 18.7. The molecule has 0 unspecified atom stereocenters. The van der Waals surface area contributed by atoms with Crippen molar-refractivity contribution >= 4 is 23.4 Å². The number of H-pyrrole nitrogens is 1. The van der Waals surface area contributed by atoms with Crippen LogP contribution in [0.3, 0.4) is 0 Å². The van der Waals surface area contributed by atoms with E-state index < -0.39 is 11.9 Å². The molecule has 2 aromatic carbocycles. The quantitative estimate of drug-likeness (QED) is 0.630. The summed E-state index contributed by atoms with van der Waals surface area (Å²) in [5.74, 6) is -0.466. The van der Waals surface area contributed by atoms with Gasteiger partial charge in [0, 0.05) is 28.9 Å². The van der Waals surface area contributed by atoms with Crippen molar-refractivity contribution in [3.63, 3.8) is 0 Å². The van der Waals surface area contributed by atoms with Gasteiger partial charge >= 0.3 is 6.09 Å². The van der Waals surface area contributed by atoms with Gasteiger partial charge in [-0.1, -0.05) is 29.8 Å². The predicted octanol–water partition coefficient (Wildman–Crippen LogP) is 4.52. The smallest absolute Gasteiger partial charge is 0.409 e. The van der Waals surface area contributed by atoms with Crippen molar-refractivity contribution in [2.75, 3.05) is 5.32 Å². The Morgan fingerprint density at radius 2 is 1.81 bits per heavy atom. The number of pyridine rings is 1. The molecule has 3 rings (SSSR count). The van der Waals surface area contributed by atoms with Gasteiger partial charge in [-0.15, -0.1) is 0 Å². The lowest BCUT2D eigenvalue weighted by molar-refractivity contribution is 0.210. The first kappa shape index (κ1) is 17.7. The van der Waals surface area contributed by atoms with Gasteiger partial charge in [-0.05, 0) is 47.0 Å². The van der Waals surface area contributed by atoms with E-state index in [4.69, 9.17) is 16.7 Å². The fourth-order valence-electron chi connectivity index (χ4n) is 2.57. The van der Waals surface area contributed by atoms with Gasteiger partial charge in [0.2, 0.25) is 0 Å². The molecule has 0 spiro atoms. The molecule has 1 aromatic heterocycles. The number of aromatic amines is 1. The third-order valence-electron chi connectivity index (χ3n) is 3.85. The molecule has 26 heavy (non-hydrogen) atoms. The van der Waals surface area contributed by atoms with Crippen LogP contribution in [-0.2, 0) is 6.42 Å². The molecule has 0 fully saturated rings. The Morgan fingerprint density at radius 3 is 2.46 bits per heavy atom. The first-order valence-corrected chi connectivity index (χ1v) is 8.06. The summed E-state index contributed by atoms with van der Waals surface area (Å²) >= 11 is 5.75. The molecule has 0 atom stereocenters. The summed E-state index contributed by atoms with van der Waals surface area (Å²) in [6, 6.07) is 12.7. The highest BCUT2D eigenvalue weighted by Crippen LogP contribution is 2.22. The van der Waals surface area contributed by atoms with Crippen molar-refractivity contribution in [2.45, 2.75) is 6.42 Å². The minimum Gasteiger partial charge on any atom is -0.465 e. The average molecular weight is 373 g/mol. The predicted molar refractivity (Wildman–Crippen MR) is 98.4 cm³/mol. The monoisotopic (exact) mass is 372 g/mol. The minimum atomic E-state index is -1.14. The summed E-state index contributed by atoms with van der Waals surface area (Å²) in [6.45, 7) is 0. The summed E-state index contributed by atoms with van der Waals surface area (Å²) in [6.07, 6.45) is 0.545. The zero-order valence-electron chi connectivity index (χ0n) is 13.4. The van der Waals surface area contributed by atoms with Crippen molar-refractivity contribution in [3.8, 4) is 11.1 Å². The van der Waals surface area contributed by atoms with Crippen molar-refractivity contribution in [3.05, 3.63) is 87.0 Å². The number of hydrogen-bond donors (Lipinski definition) is 3. The SMILES string of the molecule is O=C(O)Nc1ccc(-c2c[nH]c(=O)c(Cc3ccc(Cl)cc3F)c2)cc1. The Kier molecular flexibility index (Phi) is 5.04. The fourth-order valence-corrected chi connectivity index (χ4v) is 2.73. The van der Waals surface area contributed by atoms with Crippen LogP contribution in [0.15, 0.2) is 59.5 Å². The van der Waals surface area contributed by atoms with Crippen LogP contribution in [0.4, 0.5) is 14.9 Å². The van der Waals surface area contributed by atoms with Gasteiger partial charge in [0.15, 0.2) is 0 Å². The summed E-state index contributed by atoms with van der Waals surface area (Å²) in [5, 5.41) is 11.3. The van der Waals surface area contributed by atoms with E-state index in [0.717, 1.165) is 11.1 Å². The molecule has 5 nitrogen and oxygen atoms in total. The Balaban J connectivity index is 1.90. The van der Waals surface area contributed by atoms with Crippen molar-refractivity contribution in [1.29, 1.82) is 0 Å². The molecule has 1 amide bonds. The number of amides is 1. The van der Waals surface area contributed by atoms with Crippen LogP contribution in [0, 0.1) is 5.82 Å². The van der Waals surface area contributed by atoms with Gasteiger partial charge in [-0.3, -0.25) is 10.1 Å². The first-order chi connectivity index (χ1) is 12.4. The maximum Gasteiger partial charge on any atom is 0.409 e. The van der Waals surface area contributed by atoms with E-state index in [2.05, 4.69) is 10.3 Å². The third-order valence-corrected chi connectivity index (χ3v) is 4.08. The fraction of sp³-hybridized carbons (Fsp3) is 0.0526. The van der Waals surface area contributed by atoms with Gasteiger partial charge in [-0.2, -0.15) is 0 Å². The van der Waals surface area contributed by atoms with E-state index in [1.165, 1.54) is 6.07 Å². The number of benzene rings is 2.